The second kappa shape index (κ2) is 15.7. The Morgan fingerprint density at radius 3 is 2.03 bits per heavy atom. The van der Waals surface area contributed by atoms with Gasteiger partial charge in [-0.1, -0.05) is 76.3 Å². The van der Waals surface area contributed by atoms with Crippen molar-refractivity contribution in [1.82, 2.24) is 15.5 Å². The van der Waals surface area contributed by atoms with Gasteiger partial charge in [0.15, 0.2) is 0 Å². The number of rotatable bonds is 14. The van der Waals surface area contributed by atoms with Gasteiger partial charge in [-0.15, -0.1) is 0 Å². The Hall–Kier alpha value is -2.57. The van der Waals surface area contributed by atoms with E-state index in [1.54, 1.807) is 25.7 Å². The van der Waals surface area contributed by atoms with Gasteiger partial charge in [0.25, 0.3) is 0 Å². The predicted octanol–water partition coefficient (Wildman–Crippen LogP) is 6.61. The number of benzene rings is 1. The summed E-state index contributed by atoms with van der Waals surface area (Å²) in [6.07, 6.45) is 4.30. The van der Waals surface area contributed by atoms with Crippen LogP contribution in [0.4, 0.5) is 4.79 Å². The number of nitrogens with zero attached hydrogens (tertiary/aromatic N) is 1. The average Bonchev–Trinajstić information content (AvgIpc) is 2.75. The SMILES string of the molecule is CCCCCN(C(=O)C(CC(C)C)NC(=O)OC(C)(C)C)C(C(=O)NC(C)CCC)c1cc(C)cc(C)c1. The molecular weight excluding hydrogens is 478 g/mol. The molecule has 3 amide bonds. The van der Waals surface area contributed by atoms with E-state index in [0.29, 0.717) is 13.0 Å². The van der Waals surface area contributed by atoms with Crippen molar-refractivity contribution in [3.05, 3.63) is 34.9 Å². The Morgan fingerprint density at radius 1 is 0.921 bits per heavy atom. The van der Waals surface area contributed by atoms with Crippen LogP contribution in [0.3, 0.4) is 0 Å². The zero-order valence-corrected chi connectivity index (χ0v) is 25.6. The van der Waals surface area contributed by atoms with Crippen molar-refractivity contribution in [2.24, 2.45) is 5.92 Å². The van der Waals surface area contributed by atoms with Crippen LogP contribution in [0.15, 0.2) is 18.2 Å². The molecule has 7 heteroatoms. The van der Waals surface area contributed by atoms with Gasteiger partial charge in [0, 0.05) is 12.6 Å². The van der Waals surface area contributed by atoms with Gasteiger partial charge < -0.3 is 20.3 Å². The molecule has 0 saturated carbocycles. The first-order valence-electron chi connectivity index (χ1n) is 14.4. The third kappa shape index (κ3) is 11.9. The summed E-state index contributed by atoms with van der Waals surface area (Å²) in [6.45, 7) is 20.0. The highest BCUT2D eigenvalue weighted by Crippen LogP contribution is 2.27. The first-order chi connectivity index (χ1) is 17.7. The van der Waals surface area contributed by atoms with Crippen LogP contribution in [-0.2, 0) is 14.3 Å². The summed E-state index contributed by atoms with van der Waals surface area (Å²) >= 11 is 0. The quantitative estimate of drug-likeness (QED) is 0.265. The molecule has 0 radical (unpaired) electrons. The lowest BCUT2D eigenvalue weighted by atomic mass is 9.96. The minimum Gasteiger partial charge on any atom is -0.444 e. The number of alkyl carbamates (subject to hydrolysis) is 1. The number of ether oxygens (including phenoxy) is 1. The van der Waals surface area contributed by atoms with Gasteiger partial charge in [0.1, 0.15) is 17.7 Å². The summed E-state index contributed by atoms with van der Waals surface area (Å²) in [6, 6.07) is 4.42. The van der Waals surface area contributed by atoms with Gasteiger partial charge in [-0.25, -0.2) is 4.79 Å². The van der Waals surface area contributed by atoms with Crippen LogP contribution in [0.1, 0.15) is 117 Å². The minimum absolute atomic E-state index is 0.0140. The number of carbonyl (C=O) groups excluding carboxylic acids is 3. The smallest absolute Gasteiger partial charge is 0.408 e. The van der Waals surface area contributed by atoms with E-state index >= 15 is 0 Å². The normalized spacial score (nSPS) is 14.0. The highest BCUT2D eigenvalue weighted by Gasteiger charge is 2.36. The molecule has 1 rings (SSSR count). The number of carbonyl (C=O) groups is 3. The number of hydrogen-bond acceptors (Lipinski definition) is 4. The molecule has 0 aromatic heterocycles. The van der Waals surface area contributed by atoms with Crippen LogP contribution in [0.5, 0.6) is 0 Å². The van der Waals surface area contributed by atoms with E-state index in [0.717, 1.165) is 48.8 Å². The molecule has 0 saturated heterocycles. The maximum Gasteiger partial charge on any atom is 0.408 e. The van der Waals surface area contributed by atoms with Crippen LogP contribution in [-0.4, -0.2) is 47.0 Å². The van der Waals surface area contributed by atoms with E-state index < -0.39 is 23.8 Å². The van der Waals surface area contributed by atoms with Crippen LogP contribution in [0.2, 0.25) is 0 Å². The Kier molecular flexibility index (Phi) is 13.9. The molecule has 38 heavy (non-hydrogen) atoms. The second-order valence-corrected chi connectivity index (χ2v) is 12.1. The van der Waals surface area contributed by atoms with Crippen LogP contribution in [0, 0.1) is 19.8 Å². The fraction of sp³-hybridized carbons (Fsp3) is 0.710. The van der Waals surface area contributed by atoms with E-state index in [-0.39, 0.29) is 23.8 Å². The van der Waals surface area contributed by atoms with E-state index in [2.05, 4.69) is 30.5 Å². The van der Waals surface area contributed by atoms with Gasteiger partial charge in [-0.2, -0.15) is 0 Å². The lowest BCUT2D eigenvalue weighted by Crippen LogP contribution is -2.54. The number of unbranched alkanes of at least 4 members (excludes halogenated alkanes) is 2. The zero-order valence-electron chi connectivity index (χ0n) is 25.6. The van der Waals surface area contributed by atoms with Gasteiger partial charge >= 0.3 is 6.09 Å². The molecule has 0 aliphatic heterocycles. The fourth-order valence-electron chi connectivity index (χ4n) is 4.71. The molecule has 7 nitrogen and oxygen atoms in total. The Labute approximate surface area is 231 Å². The highest BCUT2D eigenvalue weighted by molar-refractivity contribution is 5.92. The van der Waals surface area contributed by atoms with Gasteiger partial charge in [0.05, 0.1) is 0 Å². The summed E-state index contributed by atoms with van der Waals surface area (Å²) < 4.78 is 5.48. The van der Waals surface area contributed by atoms with Crippen LogP contribution in [0.25, 0.3) is 0 Å². The molecular formula is C31H53N3O4. The van der Waals surface area contributed by atoms with Crippen molar-refractivity contribution in [3.8, 4) is 0 Å². The predicted molar refractivity (Wildman–Crippen MR) is 155 cm³/mol. The number of nitrogens with one attached hydrogen (secondary N) is 2. The van der Waals surface area contributed by atoms with Gasteiger partial charge in [-0.05, 0) is 72.3 Å². The maximum atomic E-state index is 14.3. The molecule has 0 heterocycles. The second-order valence-electron chi connectivity index (χ2n) is 12.1. The fourth-order valence-corrected chi connectivity index (χ4v) is 4.71. The molecule has 0 aliphatic carbocycles. The van der Waals surface area contributed by atoms with Gasteiger partial charge in [0.2, 0.25) is 11.8 Å². The summed E-state index contributed by atoms with van der Waals surface area (Å²) in [5.41, 5.74) is 2.17. The van der Waals surface area contributed by atoms with Crippen molar-refractivity contribution in [2.45, 2.75) is 131 Å². The van der Waals surface area contributed by atoms with Crippen molar-refractivity contribution in [1.29, 1.82) is 0 Å². The Bertz CT molecular complexity index is 887. The molecule has 2 N–H and O–H groups in total. The highest BCUT2D eigenvalue weighted by atomic mass is 16.6. The molecule has 1 aromatic rings. The third-order valence-corrected chi connectivity index (χ3v) is 6.21. The standard InChI is InChI=1S/C31H53N3O4/c1-11-13-14-16-34(29(36)26(17-21(3)4)33-30(37)38-31(8,9)10)27(28(35)32-24(7)15-12-2)25-19-22(5)18-23(6)20-25/h18-21,24,26-27H,11-17H2,1-10H3,(H,32,35)(H,33,37). The molecule has 0 bridgehead atoms. The number of hydrogen-bond donors (Lipinski definition) is 2. The van der Waals surface area contributed by atoms with Crippen molar-refractivity contribution in [3.63, 3.8) is 0 Å². The topological polar surface area (TPSA) is 87.7 Å². The monoisotopic (exact) mass is 531 g/mol. The molecule has 0 aliphatic rings. The maximum absolute atomic E-state index is 14.3. The lowest BCUT2D eigenvalue weighted by molar-refractivity contribution is -0.143. The Balaban J connectivity index is 3.56. The van der Waals surface area contributed by atoms with E-state index in [4.69, 9.17) is 4.74 Å². The summed E-state index contributed by atoms with van der Waals surface area (Å²) in [5, 5.41) is 5.97. The largest absolute Gasteiger partial charge is 0.444 e. The van der Waals surface area contributed by atoms with E-state index in [9.17, 15) is 14.4 Å². The average molecular weight is 532 g/mol. The summed E-state index contributed by atoms with van der Waals surface area (Å²) in [4.78, 5) is 42.5. The molecule has 1 aromatic carbocycles. The third-order valence-electron chi connectivity index (χ3n) is 6.21. The number of amides is 3. The first-order valence-corrected chi connectivity index (χ1v) is 14.4. The lowest BCUT2D eigenvalue weighted by Gasteiger charge is -2.35. The van der Waals surface area contributed by atoms with E-state index in [1.807, 2.05) is 46.8 Å². The molecule has 3 unspecified atom stereocenters. The van der Waals surface area contributed by atoms with Crippen molar-refractivity contribution in [2.75, 3.05) is 6.54 Å². The number of aryl methyl sites for hydroxylation is 2. The molecule has 3 atom stereocenters. The van der Waals surface area contributed by atoms with Crippen LogP contribution >= 0.6 is 0 Å². The first kappa shape index (κ1) is 33.5. The summed E-state index contributed by atoms with van der Waals surface area (Å²) in [5.74, 6) is -0.307. The summed E-state index contributed by atoms with van der Waals surface area (Å²) in [7, 11) is 0. The van der Waals surface area contributed by atoms with E-state index in [1.165, 1.54) is 0 Å². The molecule has 0 fully saturated rings. The Morgan fingerprint density at radius 2 is 1.53 bits per heavy atom. The van der Waals surface area contributed by atoms with Gasteiger partial charge in [-0.3, -0.25) is 9.59 Å². The van der Waals surface area contributed by atoms with Crippen LogP contribution < -0.4 is 10.6 Å². The van der Waals surface area contributed by atoms with Crippen molar-refractivity contribution >= 4 is 17.9 Å². The molecule has 216 valence electrons. The minimum atomic E-state index is -0.805. The molecule has 0 spiro atoms. The zero-order chi connectivity index (χ0) is 29.0. The van der Waals surface area contributed by atoms with Crippen molar-refractivity contribution < 1.29 is 19.1 Å².